The number of rotatable bonds is 10. The standard InChI is InChI=1S/C26H26ClNO6S/c1-5-34-22-11-6-16(12-17(22)15-35-19-9-7-18(27)8-10-19)25(29)28-21-14-24(32-3)23(31-2)13-20(21)26(30)33-4/h6-14H,5,15H2,1-4H3,(H,28,29). The van der Waals surface area contributed by atoms with Crippen LogP contribution in [0.25, 0.3) is 0 Å². The molecule has 0 atom stereocenters. The quantitative estimate of drug-likeness (QED) is 0.258. The molecule has 0 aliphatic heterocycles. The summed E-state index contributed by atoms with van der Waals surface area (Å²) in [7, 11) is 4.20. The predicted octanol–water partition coefficient (Wildman–Crippen LogP) is 6.09. The van der Waals surface area contributed by atoms with Crippen molar-refractivity contribution in [3.05, 3.63) is 76.3 Å². The van der Waals surface area contributed by atoms with Gasteiger partial charge in [-0.15, -0.1) is 11.8 Å². The molecule has 1 amide bonds. The van der Waals surface area contributed by atoms with E-state index in [2.05, 4.69) is 5.32 Å². The van der Waals surface area contributed by atoms with Gasteiger partial charge in [-0.05, 0) is 49.4 Å². The van der Waals surface area contributed by atoms with E-state index in [4.69, 9.17) is 30.5 Å². The SMILES string of the molecule is CCOc1ccc(C(=O)Nc2cc(OC)c(OC)cc2C(=O)OC)cc1CSc1ccc(Cl)cc1. The molecule has 0 radical (unpaired) electrons. The highest BCUT2D eigenvalue weighted by molar-refractivity contribution is 7.98. The van der Waals surface area contributed by atoms with Gasteiger partial charge in [0.1, 0.15) is 5.75 Å². The van der Waals surface area contributed by atoms with Gasteiger partial charge in [-0.25, -0.2) is 4.79 Å². The van der Waals surface area contributed by atoms with Crippen LogP contribution in [-0.4, -0.2) is 39.8 Å². The van der Waals surface area contributed by atoms with Gasteiger partial charge in [0, 0.05) is 38.9 Å². The number of benzene rings is 3. The van der Waals surface area contributed by atoms with E-state index in [0.717, 1.165) is 10.5 Å². The van der Waals surface area contributed by atoms with E-state index in [1.54, 1.807) is 30.0 Å². The van der Waals surface area contributed by atoms with Crippen LogP contribution in [0.1, 0.15) is 33.2 Å². The van der Waals surface area contributed by atoms with Crippen molar-refractivity contribution in [2.75, 3.05) is 33.3 Å². The average molecular weight is 516 g/mol. The van der Waals surface area contributed by atoms with Crippen molar-refractivity contribution in [3.63, 3.8) is 0 Å². The molecule has 3 aromatic rings. The van der Waals surface area contributed by atoms with Crippen LogP contribution in [0.5, 0.6) is 17.2 Å². The first-order chi connectivity index (χ1) is 16.9. The van der Waals surface area contributed by atoms with Crippen LogP contribution in [-0.2, 0) is 10.5 Å². The van der Waals surface area contributed by atoms with Crippen LogP contribution in [0.2, 0.25) is 5.02 Å². The zero-order valence-electron chi connectivity index (χ0n) is 19.8. The van der Waals surface area contributed by atoms with Crippen molar-refractivity contribution in [3.8, 4) is 17.2 Å². The van der Waals surface area contributed by atoms with Crippen LogP contribution < -0.4 is 19.5 Å². The van der Waals surface area contributed by atoms with E-state index in [9.17, 15) is 9.59 Å². The Bertz CT molecular complexity index is 1200. The van der Waals surface area contributed by atoms with Gasteiger partial charge in [0.25, 0.3) is 5.91 Å². The molecule has 7 nitrogen and oxygen atoms in total. The second kappa shape index (κ2) is 12.4. The normalized spacial score (nSPS) is 10.4. The Morgan fingerprint density at radius 3 is 2.23 bits per heavy atom. The van der Waals surface area contributed by atoms with Crippen molar-refractivity contribution in [1.82, 2.24) is 0 Å². The van der Waals surface area contributed by atoms with Crippen LogP contribution in [0.4, 0.5) is 5.69 Å². The molecule has 3 aromatic carbocycles. The molecule has 35 heavy (non-hydrogen) atoms. The summed E-state index contributed by atoms with van der Waals surface area (Å²) in [6.07, 6.45) is 0. The van der Waals surface area contributed by atoms with E-state index >= 15 is 0 Å². The number of ether oxygens (including phenoxy) is 4. The summed E-state index contributed by atoms with van der Waals surface area (Å²) in [5.41, 5.74) is 1.65. The summed E-state index contributed by atoms with van der Waals surface area (Å²) >= 11 is 7.58. The molecule has 1 N–H and O–H groups in total. The lowest BCUT2D eigenvalue weighted by Crippen LogP contribution is -2.16. The molecule has 0 bridgehead atoms. The molecular weight excluding hydrogens is 490 g/mol. The summed E-state index contributed by atoms with van der Waals surface area (Å²) in [5, 5.41) is 3.46. The zero-order chi connectivity index (χ0) is 25.4. The fourth-order valence-electron chi connectivity index (χ4n) is 3.28. The summed E-state index contributed by atoms with van der Waals surface area (Å²) in [4.78, 5) is 26.5. The van der Waals surface area contributed by atoms with E-state index in [0.29, 0.717) is 40.2 Å². The lowest BCUT2D eigenvalue weighted by Gasteiger charge is -2.16. The van der Waals surface area contributed by atoms with Gasteiger partial charge in [0.05, 0.1) is 39.2 Å². The fourth-order valence-corrected chi connectivity index (χ4v) is 4.28. The second-order valence-corrected chi connectivity index (χ2v) is 8.68. The minimum Gasteiger partial charge on any atom is -0.494 e. The first-order valence-electron chi connectivity index (χ1n) is 10.7. The van der Waals surface area contributed by atoms with Crippen molar-refractivity contribution in [2.24, 2.45) is 0 Å². The number of anilines is 1. The largest absolute Gasteiger partial charge is 0.494 e. The molecule has 0 saturated heterocycles. The van der Waals surface area contributed by atoms with Gasteiger partial charge >= 0.3 is 5.97 Å². The minimum absolute atomic E-state index is 0.142. The summed E-state index contributed by atoms with van der Waals surface area (Å²) in [6, 6.07) is 15.8. The summed E-state index contributed by atoms with van der Waals surface area (Å²) in [5.74, 6) is 0.973. The highest BCUT2D eigenvalue weighted by atomic mass is 35.5. The van der Waals surface area contributed by atoms with Crippen molar-refractivity contribution >= 4 is 40.9 Å². The molecule has 0 fully saturated rings. The number of halogens is 1. The Morgan fingerprint density at radius 2 is 1.60 bits per heavy atom. The molecule has 0 aromatic heterocycles. The smallest absolute Gasteiger partial charge is 0.340 e. The first kappa shape index (κ1) is 26.2. The Hall–Kier alpha value is -3.36. The van der Waals surface area contributed by atoms with Gasteiger partial charge < -0.3 is 24.3 Å². The molecule has 0 saturated carbocycles. The van der Waals surface area contributed by atoms with E-state index in [1.165, 1.54) is 33.5 Å². The van der Waals surface area contributed by atoms with Crippen molar-refractivity contribution in [2.45, 2.75) is 17.6 Å². The molecule has 184 valence electrons. The summed E-state index contributed by atoms with van der Waals surface area (Å²) < 4.78 is 21.2. The Morgan fingerprint density at radius 1 is 0.914 bits per heavy atom. The second-order valence-electron chi connectivity index (χ2n) is 7.20. The molecule has 3 rings (SSSR count). The molecule has 0 unspecified atom stereocenters. The monoisotopic (exact) mass is 515 g/mol. The van der Waals surface area contributed by atoms with Crippen LogP contribution >= 0.6 is 23.4 Å². The van der Waals surface area contributed by atoms with Crippen molar-refractivity contribution < 1.29 is 28.5 Å². The third kappa shape index (κ3) is 6.61. The lowest BCUT2D eigenvalue weighted by molar-refractivity contribution is 0.0601. The molecule has 0 aliphatic rings. The number of esters is 1. The van der Waals surface area contributed by atoms with Gasteiger partial charge in [0.15, 0.2) is 11.5 Å². The maximum Gasteiger partial charge on any atom is 0.340 e. The molecule has 0 heterocycles. The van der Waals surface area contributed by atoms with Gasteiger partial charge in [-0.3, -0.25) is 4.79 Å². The third-order valence-corrected chi connectivity index (χ3v) is 6.32. The number of nitrogens with one attached hydrogen (secondary N) is 1. The van der Waals surface area contributed by atoms with Gasteiger partial charge in [0.2, 0.25) is 0 Å². The lowest BCUT2D eigenvalue weighted by atomic mass is 10.1. The zero-order valence-corrected chi connectivity index (χ0v) is 21.4. The Kier molecular flexibility index (Phi) is 9.28. The van der Waals surface area contributed by atoms with Gasteiger partial charge in [-0.1, -0.05) is 11.6 Å². The number of hydrogen-bond acceptors (Lipinski definition) is 7. The van der Waals surface area contributed by atoms with Crippen LogP contribution in [0, 0.1) is 0 Å². The van der Waals surface area contributed by atoms with E-state index < -0.39 is 11.9 Å². The fraction of sp³-hybridized carbons (Fsp3) is 0.231. The Labute approximate surface area is 213 Å². The highest BCUT2D eigenvalue weighted by Crippen LogP contribution is 2.34. The summed E-state index contributed by atoms with van der Waals surface area (Å²) in [6.45, 7) is 2.40. The maximum absolute atomic E-state index is 13.2. The number of amides is 1. The number of carbonyl (C=O) groups is 2. The van der Waals surface area contributed by atoms with Crippen LogP contribution in [0.15, 0.2) is 59.5 Å². The third-order valence-electron chi connectivity index (χ3n) is 5.01. The highest BCUT2D eigenvalue weighted by Gasteiger charge is 2.20. The first-order valence-corrected chi connectivity index (χ1v) is 12.1. The van der Waals surface area contributed by atoms with E-state index in [-0.39, 0.29) is 11.3 Å². The Balaban J connectivity index is 1.89. The van der Waals surface area contributed by atoms with Crippen molar-refractivity contribution in [1.29, 1.82) is 0 Å². The number of carbonyl (C=O) groups excluding carboxylic acids is 2. The molecule has 9 heteroatoms. The number of hydrogen-bond donors (Lipinski definition) is 1. The average Bonchev–Trinajstić information content (AvgIpc) is 2.88. The maximum atomic E-state index is 13.2. The number of thioether (sulfide) groups is 1. The van der Waals surface area contributed by atoms with Crippen LogP contribution in [0.3, 0.4) is 0 Å². The number of methoxy groups -OCH3 is 3. The molecular formula is C26H26ClNO6S. The predicted molar refractivity (Wildman–Crippen MR) is 137 cm³/mol. The minimum atomic E-state index is -0.618. The van der Waals surface area contributed by atoms with Gasteiger partial charge in [-0.2, -0.15) is 0 Å². The molecule has 0 spiro atoms. The molecule has 0 aliphatic carbocycles. The topological polar surface area (TPSA) is 83.1 Å². The van der Waals surface area contributed by atoms with E-state index in [1.807, 2.05) is 31.2 Å².